The van der Waals surface area contributed by atoms with Crippen LogP contribution in [-0.4, -0.2) is 30.8 Å². The maximum absolute atomic E-state index is 11.1. The van der Waals surface area contributed by atoms with E-state index in [1.165, 1.54) is 0 Å². The number of fused-ring (bicyclic) bond motifs is 1. The third-order valence-corrected chi connectivity index (χ3v) is 4.21. The molecule has 1 heterocycles. The van der Waals surface area contributed by atoms with Gasteiger partial charge in [0.1, 0.15) is 5.82 Å². The van der Waals surface area contributed by atoms with Crippen LogP contribution in [0.4, 0.5) is 0 Å². The molecule has 1 aromatic heterocycles. The van der Waals surface area contributed by atoms with E-state index in [1.54, 1.807) is 0 Å². The van der Waals surface area contributed by atoms with Crippen molar-refractivity contribution in [3.05, 3.63) is 28.5 Å². The zero-order valence-corrected chi connectivity index (χ0v) is 14.3. The Balaban J connectivity index is 2.36. The summed E-state index contributed by atoms with van der Waals surface area (Å²) < 4.78 is 27.6. The van der Waals surface area contributed by atoms with Crippen molar-refractivity contribution in [2.24, 2.45) is 0 Å². The average Bonchev–Trinajstić information content (AvgIpc) is 2.66. The first kappa shape index (κ1) is 15.8. The molecule has 110 valence electrons. The number of hydrogen-bond donors (Lipinski definition) is 1. The Labute approximate surface area is 131 Å². The summed E-state index contributed by atoms with van der Waals surface area (Å²) in [6.45, 7) is 2.63. The lowest BCUT2D eigenvalue weighted by molar-refractivity contribution is 0.577. The van der Waals surface area contributed by atoms with Crippen LogP contribution in [0.3, 0.4) is 0 Å². The first-order valence-corrected chi connectivity index (χ1v) is 9.14. The number of halogens is 2. The van der Waals surface area contributed by atoms with Gasteiger partial charge < -0.3 is 4.57 Å². The molecule has 0 spiro atoms. The highest BCUT2D eigenvalue weighted by atomic mass is 79.9. The summed E-state index contributed by atoms with van der Waals surface area (Å²) in [6.07, 6.45) is 1.14. The standard InChI is InChI=1S/C12H15BrClN3O2S/c1-8(14)12-16-10-7-9(13)3-4-11(10)17(12)6-5-15-20(2,18)19/h3-4,7-8,15H,5-6H2,1-2H3. The SMILES string of the molecule is CC(Cl)c1nc2cc(Br)ccc2n1CCNS(C)(=O)=O. The number of imidazole rings is 1. The van der Waals surface area contributed by atoms with Gasteiger partial charge in [-0.05, 0) is 25.1 Å². The fourth-order valence-corrected chi connectivity index (χ4v) is 2.98. The van der Waals surface area contributed by atoms with Crippen molar-refractivity contribution in [2.75, 3.05) is 12.8 Å². The third kappa shape index (κ3) is 3.72. The monoisotopic (exact) mass is 379 g/mol. The molecule has 0 bridgehead atoms. The largest absolute Gasteiger partial charge is 0.325 e. The zero-order chi connectivity index (χ0) is 14.9. The molecule has 0 aliphatic rings. The second kappa shape index (κ2) is 6.01. The average molecular weight is 381 g/mol. The molecule has 0 saturated carbocycles. The van der Waals surface area contributed by atoms with Gasteiger partial charge in [0.05, 0.1) is 22.7 Å². The number of nitrogens with zero attached hydrogens (tertiary/aromatic N) is 2. The third-order valence-electron chi connectivity index (χ3n) is 2.80. The van der Waals surface area contributed by atoms with Gasteiger partial charge in [0.2, 0.25) is 10.0 Å². The molecule has 20 heavy (non-hydrogen) atoms. The van der Waals surface area contributed by atoms with E-state index in [4.69, 9.17) is 11.6 Å². The van der Waals surface area contributed by atoms with Gasteiger partial charge in [-0.25, -0.2) is 18.1 Å². The lowest BCUT2D eigenvalue weighted by Crippen LogP contribution is -2.26. The normalized spacial score (nSPS) is 13.8. The highest BCUT2D eigenvalue weighted by molar-refractivity contribution is 9.10. The van der Waals surface area contributed by atoms with Crippen LogP contribution in [0.5, 0.6) is 0 Å². The Kier molecular flexibility index (Phi) is 4.73. The molecule has 1 aromatic carbocycles. The maximum Gasteiger partial charge on any atom is 0.208 e. The molecule has 0 aliphatic carbocycles. The number of alkyl halides is 1. The lowest BCUT2D eigenvalue weighted by Gasteiger charge is -2.10. The number of hydrogen-bond acceptors (Lipinski definition) is 3. The Morgan fingerprint density at radius 1 is 1.50 bits per heavy atom. The summed E-state index contributed by atoms with van der Waals surface area (Å²) in [6, 6.07) is 5.78. The zero-order valence-electron chi connectivity index (χ0n) is 11.1. The predicted octanol–water partition coefficient (Wildman–Crippen LogP) is 2.65. The molecule has 0 saturated heterocycles. The minimum atomic E-state index is -3.19. The van der Waals surface area contributed by atoms with E-state index in [1.807, 2.05) is 29.7 Å². The smallest absolute Gasteiger partial charge is 0.208 e. The molecule has 5 nitrogen and oxygen atoms in total. The number of aromatic nitrogens is 2. The summed E-state index contributed by atoms with van der Waals surface area (Å²) in [7, 11) is -3.19. The summed E-state index contributed by atoms with van der Waals surface area (Å²) in [4.78, 5) is 4.51. The van der Waals surface area contributed by atoms with E-state index in [0.29, 0.717) is 13.1 Å². The van der Waals surface area contributed by atoms with Crippen molar-refractivity contribution in [3.63, 3.8) is 0 Å². The molecule has 2 rings (SSSR count). The van der Waals surface area contributed by atoms with Crippen LogP contribution in [0.25, 0.3) is 11.0 Å². The molecule has 0 amide bonds. The fraction of sp³-hybridized carbons (Fsp3) is 0.417. The fourth-order valence-electron chi connectivity index (χ4n) is 2.00. The maximum atomic E-state index is 11.1. The summed E-state index contributed by atoms with van der Waals surface area (Å²) in [5.74, 6) is 0.732. The Morgan fingerprint density at radius 3 is 2.80 bits per heavy atom. The van der Waals surface area contributed by atoms with Crippen LogP contribution in [0, 0.1) is 0 Å². The number of nitrogens with one attached hydrogen (secondary N) is 1. The highest BCUT2D eigenvalue weighted by Gasteiger charge is 2.15. The van der Waals surface area contributed by atoms with Gasteiger partial charge in [-0.15, -0.1) is 11.6 Å². The Hall–Kier alpha value is -0.630. The van der Waals surface area contributed by atoms with Gasteiger partial charge in [-0.2, -0.15) is 0 Å². The molecule has 2 aromatic rings. The number of rotatable bonds is 5. The Bertz CT molecular complexity index is 728. The van der Waals surface area contributed by atoms with Crippen LogP contribution < -0.4 is 4.72 Å². The first-order valence-electron chi connectivity index (χ1n) is 6.02. The topological polar surface area (TPSA) is 64.0 Å². The molecule has 0 radical (unpaired) electrons. The minimum absolute atomic E-state index is 0.251. The van der Waals surface area contributed by atoms with E-state index in [9.17, 15) is 8.42 Å². The minimum Gasteiger partial charge on any atom is -0.325 e. The van der Waals surface area contributed by atoms with Gasteiger partial charge in [0.15, 0.2) is 0 Å². The van der Waals surface area contributed by atoms with E-state index in [2.05, 4.69) is 25.6 Å². The van der Waals surface area contributed by atoms with E-state index >= 15 is 0 Å². The van der Waals surface area contributed by atoms with Gasteiger partial charge >= 0.3 is 0 Å². The molecule has 0 fully saturated rings. The first-order chi connectivity index (χ1) is 9.28. The van der Waals surface area contributed by atoms with Gasteiger partial charge in [0, 0.05) is 17.6 Å². The second-order valence-electron chi connectivity index (χ2n) is 4.54. The van der Waals surface area contributed by atoms with E-state index < -0.39 is 10.0 Å². The van der Waals surface area contributed by atoms with Crippen LogP contribution in [0.1, 0.15) is 18.1 Å². The molecule has 1 unspecified atom stereocenters. The van der Waals surface area contributed by atoms with Crippen molar-refractivity contribution < 1.29 is 8.42 Å². The lowest BCUT2D eigenvalue weighted by atomic mass is 10.3. The quantitative estimate of drug-likeness (QED) is 0.811. The van der Waals surface area contributed by atoms with Crippen LogP contribution in [0.2, 0.25) is 0 Å². The molecule has 1 atom stereocenters. The molecular weight excluding hydrogens is 366 g/mol. The van der Waals surface area contributed by atoms with Crippen LogP contribution >= 0.6 is 27.5 Å². The van der Waals surface area contributed by atoms with E-state index in [-0.39, 0.29) is 5.38 Å². The van der Waals surface area contributed by atoms with Crippen molar-refractivity contribution >= 4 is 48.6 Å². The molecule has 8 heteroatoms. The summed E-state index contributed by atoms with van der Waals surface area (Å²) >= 11 is 9.56. The van der Waals surface area contributed by atoms with Crippen LogP contribution in [0.15, 0.2) is 22.7 Å². The summed E-state index contributed by atoms with van der Waals surface area (Å²) in [5, 5.41) is -0.251. The number of benzene rings is 1. The van der Waals surface area contributed by atoms with Crippen LogP contribution in [-0.2, 0) is 16.6 Å². The predicted molar refractivity (Wildman–Crippen MR) is 84.5 cm³/mol. The Morgan fingerprint density at radius 2 is 2.20 bits per heavy atom. The van der Waals surface area contributed by atoms with Crippen molar-refractivity contribution in [1.29, 1.82) is 0 Å². The molecular formula is C12H15BrClN3O2S. The highest BCUT2D eigenvalue weighted by Crippen LogP contribution is 2.26. The van der Waals surface area contributed by atoms with E-state index in [0.717, 1.165) is 27.6 Å². The molecule has 1 N–H and O–H groups in total. The number of sulfonamides is 1. The molecule has 0 aliphatic heterocycles. The second-order valence-corrected chi connectivity index (χ2v) is 7.94. The van der Waals surface area contributed by atoms with Crippen molar-refractivity contribution in [2.45, 2.75) is 18.8 Å². The van der Waals surface area contributed by atoms with Gasteiger partial charge in [-0.3, -0.25) is 0 Å². The van der Waals surface area contributed by atoms with Crippen molar-refractivity contribution in [1.82, 2.24) is 14.3 Å². The summed E-state index contributed by atoms with van der Waals surface area (Å²) in [5.41, 5.74) is 1.77. The van der Waals surface area contributed by atoms with Gasteiger partial charge in [-0.1, -0.05) is 15.9 Å². The van der Waals surface area contributed by atoms with Crippen molar-refractivity contribution in [3.8, 4) is 0 Å². The van der Waals surface area contributed by atoms with Gasteiger partial charge in [0.25, 0.3) is 0 Å².